The van der Waals surface area contributed by atoms with Crippen molar-refractivity contribution in [3.8, 4) is 0 Å². The van der Waals surface area contributed by atoms with Gasteiger partial charge in [-0.25, -0.2) is 13.4 Å². The van der Waals surface area contributed by atoms with Gasteiger partial charge in [-0.15, -0.1) is 23.7 Å². The number of fused-ring (bicyclic) bond motifs is 2. The summed E-state index contributed by atoms with van der Waals surface area (Å²) in [5.74, 6) is -0.523. The largest absolute Gasteiger partial charge is 0.376 e. The minimum absolute atomic E-state index is 0. The van der Waals surface area contributed by atoms with E-state index in [1.165, 1.54) is 15.6 Å². The molecule has 2 fully saturated rings. The number of carbonyl (C=O) groups is 2. The van der Waals surface area contributed by atoms with E-state index in [1.807, 2.05) is 0 Å². The summed E-state index contributed by atoms with van der Waals surface area (Å²) in [5.41, 5.74) is 1.58. The van der Waals surface area contributed by atoms with Crippen LogP contribution >= 0.6 is 35.3 Å². The molecule has 0 spiro atoms. The fourth-order valence-electron chi connectivity index (χ4n) is 5.69. The fraction of sp³-hybridized carbons (Fsp3) is 0.519. The highest BCUT2D eigenvalue weighted by molar-refractivity contribution is 7.89. The molecule has 0 bridgehead atoms. The van der Waals surface area contributed by atoms with Gasteiger partial charge in [0.25, 0.3) is 15.9 Å². The van der Waals surface area contributed by atoms with Gasteiger partial charge in [0.05, 0.1) is 17.8 Å². The Labute approximate surface area is 259 Å². The first-order chi connectivity index (χ1) is 19.7. The zero-order chi connectivity index (χ0) is 28.7. The Kier molecular flexibility index (Phi) is 9.48. The average Bonchev–Trinajstić information content (AvgIpc) is 3.71. The summed E-state index contributed by atoms with van der Waals surface area (Å²) in [6.07, 6.45) is 2.54. The number of nitrogens with zero attached hydrogens (tertiary/aromatic N) is 3. The van der Waals surface area contributed by atoms with Crippen LogP contribution in [-0.2, 0) is 32.5 Å². The maximum atomic E-state index is 13.7. The molecule has 0 saturated carbocycles. The number of nitrogens with one attached hydrogen (secondary N) is 3. The summed E-state index contributed by atoms with van der Waals surface area (Å²) in [6, 6.07) is 6.31. The molecule has 2 saturated heterocycles. The number of hydrogen-bond donors (Lipinski definition) is 3. The van der Waals surface area contributed by atoms with Crippen LogP contribution in [0.5, 0.6) is 0 Å². The quantitative estimate of drug-likeness (QED) is 0.356. The molecule has 11 nitrogen and oxygen atoms in total. The van der Waals surface area contributed by atoms with Gasteiger partial charge in [-0.3, -0.25) is 9.59 Å². The predicted octanol–water partition coefficient (Wildman–Crippen LogP) is 2.93. The van der Waals surface area contributed by atoms with Crippen LogP contribution in [0.1, 0.15) is 46.6 Å². The van der Waals surface area contributed by atoms with Crippen molar-refractivity contribution in [1.29, 1.82) is 0 Å². The van der Waals surface area contributed by atoms with E-state index < -0.39 is 16.1 Å². The smallest absolute Gasteiger partial charge is 0.283 e. The van der Waals surface area contributed by atoms with Crippen molar-refractivity contribution in [3.63, 3.8) is 0 Å². The number of hydrogen-bond acceptors (Lipinski definition) is 8. The summed E-state index contributed by atoms with van der Waals surface area (Å²) < 4.78 is 34.4. The van der Waals surface area contributed by atoms with E-state index in [1.54, 1.807) is 29.2 Å². The molecule has 3 aliphatic heterocycles. The lowest BCUT2D eigenvalue weighted by Crippen LogP contribution is -2.57. The highest BCUT2D eigenvalue weighted by Crippen LogP contribution is 2.29. The van der Waals surface area contributed by atoms with E-state index >= 15 is 0 Å². The standard InChI is InChI=1S/C27H33ClN6O5S2.ClH/c1-16-9-22-23(14-29-16)40-26(32-22)27(36)34-7-6-33(15-19(34)12-24(35)30-13-20-3-2-8-39-20)41(37,38)25-11-17-10-18(28)4-5-21(17)31-25;/h4-5,10-11,16,19-20,29,31H,2-3,6-9,12-15H2,1H3,(H,30,35);1H. The minimum atomic E-state index is -3.93. The number of amides is 2. The fourth-order valence-corrected chi connectivity index (χ4v) is 8.35. The Hall–Kier alpha value is -2.26. The van der Waals surface area contributed by atoms with Crippen LogP contribution in [0, 0.1) is 0 Å². The first-order valence-corrected chi connectivity index (χ1v) is 16.5. The van der Waals surface area contributed by atoms with Crippen molar-refractivity contribution in [2.24, 2.45) is 0 Å². The van der Waals surface area contributed by atoms with Gasteiger partial charge in [0, 0.05) is 79.0 Å². The number of rotatable bonds is 7. The van der Waals surface area contributed by atoms with Crippen LogP contribution in [0.2, 0.25) is 5.02 Å². The monoisotopic (exact) mass is 656 g/mol. The Morgan fingerprint density at radius 1 is 1.26 bits per heavy atom. The van der Waals surface area contributed by atoms with Crippen molar-refractivity contribution >= 4 is 68.1 Å². The zero-order valence-corrected chi connectivity index (χ0v) is 26.3. The number of halogens is 2. The Balaban J connectivity index is 0.00000353. The maximum absolute atomic E-state index is 13.7. The Morgan fingerprint density at radius 3 is 2.88 bits per heavy atom. The molecule has 1 aromatic carbocycles. The summed E-state index contributed by atoms with van der Waals surface area (Å²) in [5, 5.41) is 7.92. The minimum Gasteiger partial charge on any atom is -0.376 e. The van der Waals surface area contributed by atoms with Gasteiger partial charge >= 0.3 is 0 Å². The lowest BCUT2D eigenvalue weighted by atomic mass is 10.1. The Morgan fingerprint density at radius 2 is 2.10 bits per heavy atom. The molecule has 2 aromatic heterocycles. The molecule has 3 atom stereocenters. The van der Waals surface area contributed by atoms with E-state index in [0.717, 1.165) is 29.8 Å². The molecule has 15 heteroatoms. The van der Waals surface area contributed by atoms with Crippen LogP contribution in [0.4, 0.5) is 0 Å². The topological polar surface area (TPSA) is 137 Å². The Bertz CT molecular complexity index is 1570. The molecule has 3 unspecified atom stereocenters. The highest BCUT2D eigenvalue weighted by atomic mass is 35.5. The maximum Gasteiger partial charge on any atom is 0.283 e. The molecular formula is C27H34Cl2N6O5S2. The summed E-state index contributed by atoms with van der Waals surface area (Å²) >= 11 is 7.46. The SMILES string of the molecule is CC1Cc2nc(C(=O)N3CCN(S(=O)(=O)c4cc5cc(Cl)ccc5[nH]4)CC3CC(=O)NCC3CCCO3)sc2CN1.Cl. The molecule has 0 aliphatic carbocycles. The number of aromatic nitrogens is 2. The lowest BCUT2D eigenvalue weighted by molar-refractivity contribution is -0.122. The van der Waals surface area contributed by atoms with E-state index in [9.17, 15) is 18.0 Å². The van der Waals surface area contributed by atoms with Crippen LogP contribution in [0.25, 0.3) is 10.9 Å². The molecular weight excluding hydrogens is 623 g/mol. The molecule has 3 aliphatic rings. The second-order valence-corrected chi connectivity index (χ2v) is 14.3. The third-order valence-electron chi connectivity index (χ3n) is 7.93. The number of benzene rings is 1. The molecule has 3 N–H and O–H groups in total. The van der Waals surface area contributed by atoms with Crippen LogP contribution in [0.15, 0.2) is 29.3 Å². The van der Waals surface area contributed by atoms with Crippen LogP contribution in [-0.4, -0.2) is 90.4 Å². The summed E-state index contributed by atoms with van der Waals surface area (Å²) in [4.78, 5) is 37.1. The van der Waals surface area contributed by atoms with Gasteiger partial charge in [0.1, 0.15) is 5.03 Å². The molecule has 3 aromatic rings. The molecule has 228 valence electrons. The number of H-pyrrole nitrogens is 1. The summed E-state index contributed by atoms with van der Waals surface area (Å²) in [6.45, 7) is 4.05. The van der Waals surface area contributed by atoms with Crippen molar-refractivity contribution in [3.05, 3.63) is 44.9 Å². The first-order valence-electron chi connectivity index (χ1n) is 13.9. The molecule has 0 radical (unpaired) electrons. The number of aromatic amines is 1. The highest BCUT2D eigenvalue weighted by Gasteiger charge is 2.39. The second-order valence-electron chi connectivity index (χ2n) is 10.9. The van der Waals surface area contributed by atoms with Crippen LogP contribution < -0.4 is 10.6 Å². The number of piperazine rings is 1. The molecule has 5 heterocycles. The van der Waals surface area contributed by atoms with Crippen molar-refractivity contribution in [1.82, 2.24) is 29.8 Å². The normalized spacial score (nSPS) is 23.0. The lowest BCUT2D eigenvalue weighted by Gasteiger charge is -2.40. The van der Waals surface area contributed by atoms with Crippen LogP contribution in [0.3, 0.4) is 0 Å². The second kappa shape index (κ2) is 12.8. The van der Waals surface area contributed by atoms with E-state index in [0.29, 0.717) is 40.6 Å². The van der Waals surface area contributed by atoms with Gasteiger partial charge in [-0.05, 0) is 44.0 Å². The van der Waals surface area contributed by atoms with Crippen molar-refractivity contribution in [2.45, 2.75) is 62.4 Å². The van der Waals surface area contributed by atoms with E-state index in [-0.39, 0.29) is 67.4 Å². The predicted molar refractivity (Wildman–Crippen MR) is 163 cm³/mol. The summed E-state index contributed by atoms with van der Waals surface area (Å²) in [7, 11) is -3.93. The third-order valence-corrected chi connectivity index (χ3v) is 11.0. The van der Waals surface area contributed by atoms with E-state index in [2.05, 4.69) is 27.5 Å². The van der Waals surface area contributed by atoms with Crippen molar-refractivity contribution in [2.75, 3.05) is 32.8 Å². The molecule has 42 heavy (non-hydrogen) atoms. The van der Waals surface area contributed by atoms with Gasteiger partial charge in [0.15, 0.2) is 5.01 Å². The van der Waals surface area contributed by atoms with E-state index in [4.69, 9.17) is 16.3 Å². The first kappa shape index (κ1) is 31.2. The van der Waals surface area contributed by atoms with Crippen molar-refractivity contribution < 1.29 is 22.7 Å². The third kappa shape index (κ3) is 6.47. The number of sulfonamides is 1. The molecule has 6 rings (SSSR count). The number of thiazole rings is 1. The van der Waals surface area contributed by atoms with Gasteiger partial charge in [-0.2, -0.15) is 4.31 Å². The molecule has 2 amide bonds. The number of carbonyl (C=O) groups excluding carboxylic acids is 2. The van der Waals surface area contributed by atoms with Gasteiger partial charge in [0.2, 0.25) is 5.91 Å². The van der Waals surface area contributed by atoms with Gasteiger partial charge < -0.3 is 25.3 Å². The average molecular weight is 658 g/mol. The zero-order valence-electron chi connectivity index (χ0n) is 23.1. The van der Waals surface area contributed by atoms with Gasteiger partial charge in [-0.1, -0.05) is 11.6 Å². The number of ether oxygens (including phenoxy) is 1.